The van der Waals surface area contributed by atoms with Crippen LogP contribution in [0.2, 0.25) is 0 Å². The molecule has 10 nitrogen and oxygen atoms in total. The zero-order valence-electron chi connectivity index (χ0n) is 17.2. The van der Waals surface area contributed by atoms with Gasteiger partial charge in [0.1, 0.15) is 37.2 Å². The molecule has 1 fully saturated rings. The number of hydrogen-bond donors (Lipinski definition) is 2. The Morgan fingerprint density at radius 2 is 1.68 bits per heavy atom. The average Bonchev–Trinajstić information content (AvgIpc) is 3.39. The Kier molecular flexibility index (Phi) is 10.5. The SMILES string of the molecule is C#CCOCC(COCC#C)(COCC#C)OCc1cn([C@H]2C[C@@H](O)[C@@H](CO)O2)nn1. The second kappa shape index (κ2) is 13.1. The van der Waals surface area contributed by atoms with Crippen LogP contribution in [0.3, 0.4) is 0 Å². The fraction of sp³-hybridized carbons (Fsp3) is 0.619. The van der Waals surface area contributed by atoms with Crippen molar-refractivity contribution in [3.63, 3.8) is 0 Å². The van der Waals surface area contributed by atoms with Crippen LogP contribution in [0.1, 0.15) is 18.3 Å². The number of terminal acetylenes is 3. The van der Waals surface area contributed by atoms with Gasteiger partial charge in [-0.25, -0.2) is 4.68 Å². The van der Waals surface area contributed by atoms with Crippen molar-refractivity contribution in [2.45, 2.75) is 37.1 Å². The van der Waals surface area contributed by atoms with Crippen LogP contribution in [0.4, 0.5) is 0 Å². The summed E-state index contributed by atoms with van der Waals surface area (Å²) in [7, 11) is 0. The summed E-state index contributed by atoms with van der Waals surface area (Å²) in [5.74, 6) is 7.18. The van der Waals surface area contributed by atoms with E-state index in [1.807, 2.05) is 0 Å². The smallest absolute Gasteiger partial charge is 0.155 e. The first-order valence-electron chi connectivity index (χ1n) is 9.60. The maximum atomic E-state index is 9.89. The first kappa shape index (κ1) is 24.8. The average molecular weight is 433 g/mol. The molecule has 168 valence electrons. The molecule has 0 spiro atoms. The predicted octanol–water partition coefficient (Wildman–Crippen LogP) is -0.876. The van der Waals surface area contributed by atoms with Gasteiger partial charge in [0, 0.05) is 6.42 Å². The zero-order chi connectivity index (χ0) is 22.5. The second-order valence-corrected chi connectivity index (χ2v) is 6.87. The van der Waals surface area contributed by atoms with Crippen LogP contribution in [-0.4, -0.2) is 89.3 Å². The number of hydrogen-bond acceptors (Lipinski definition) is 9. The summed E-state index contributed by atoms with van der Waals surface area (Å²) >= 11 is 0. The van der Waals surface area contributed by atoms with Gasteiger partial charge in [-0.05, 0) is 0 Å². The molecule has 1 aliphatic heterocycles. The summed E-state index contributed by atoms with van der Waals surface area (Å²) in [5.41, 5.74) is -0.531. The highest BCUT2D eigenvalue weighted by Gasteiger charge is 2.36. The molecule has 3 atom stereocenters. The van der Waals surface area contributed by atoms with E-state index in [-0.39, 0.29) is 52.9 Å². The Hall–Kier alpha value is -2.46. The molecule has 2 heterocycles. The van der Waals surface area contributed by atoms with Gasteiger partial charge in [0.2, 0.25) is 0 Å². The molecular weight excluding hydrogens is 406 g/mol. The van der Waals surface area contributed by atoms with E-state index in [2.05, 4.69) is 28.1 Å². The van der Waals surface area contributed by atoms with Crippen molar-refractivity contribution < 1.29 is 33.9 Å². The first-order chi connectivity index (χ1) is 15.1. The van der Waals surface area contributed by atoms with Crippen molar-refractivity contribution in [3.8, 4) is 37.0 Å². The number of nitrogens with zero attached hydrogens (tertiary/aromatic N) is 3. The molecule has 1 aliphatic rings. The van der Waals surface area contributed by atoms with Gasteiger partial charge in [0.25, 0.3) is 0 Å². The number of aliphatic hydroxyl groups excluding tert-OH is 2. The van der Waals surface area contributed by atoms with E-state index in [1.165, 1.54) is 4.68 Å². The van der Waals surface area contributed by atoms with Crippen LogP contribution in [0.5, 0.6) is 0 Å². The lowest BCUT2D eigenvalue weighted by Crippen LogP contribution is -2.47. The number of aromatic nitrogens is 3. The Bertz CT molecular complexity index is 742. The van der Waals surface area contributed by atoms with Gasteiger partial charge in [0.05, 0.1) is 45.3 Å². The van der Waals surface area contributed by atoms with Gasteiger partial charge in [-0.2, -0.15) is 0 Å². The van der Waals surface area contributed by atoms with Crippen molar-refractivity contribution in [1.82, 2.24) is 15.0 Å². The van der Waals surface area contributed by atoms with Crippen LogP contribution in [0.25, 0.3) is 0 Å². The van der Waals surface area contributed by atoms with Gasteiger partial charge in [-0.3, -0.25) is 0 Å². The maximum Gasteiger partial charge on any atom is 0.155 e. The van der Waals surface area contributed by atoms with Gasteiger partial charge in [0.15, 0.2) is 6.23 Å². The van der Waals surface area contributed by atoms with E-state index >= 15 is 0 Å². The molecule has 0 amide bonds. The summed E-state index contributed by atoms with van der Waals surface area (Å²) in [4.78, 5) is 0. The molecule has 10 heteroatoms. The second-order valence-electron chi connectivity index (χ2n) is 6.87. The van der Waals surface area contributed by atoms with E-state index < -0.39 is 24.0 Å². The lowest BCUT2D eigenvalue weighted by Gasteiger charge is -2.32. The van der Waals surface area contributed by atoms with Gasteiger partial charge in [-0.15, -0.1) is 24.4 Å². The highest BCUT2D eigenvalue weighted by Crippen LogP contribution is 2.28. The van der Waals surface area contributed by atoms with Crippen molar-refractivity contribution in [1.29, 1.82) is 0 Å². The maximum absolute atomic E-state index is 9.89. The van der Waals surface area contributed by atoms with E-state index in [0.717, 1.165) is 0 Å². The number of ether oxygens (including phenoxy) is 5. The van der Waals surface area contributed by atoms with E-state index in [4.69, 9.17) is 43.0 Å². The third kappa shape index (κ3) is 7.62. The minimum Gasteiger partial charge on any atom is -0.394 e. The van der Waals surface area contributed by atoms with Gasteiger partial charge in [-0.1, -0.05) is 23.0 Å². The molecular formula is C21H27N3O7. The van der Waals surface area contributed by atoms with E-state index in [1.54, 1.807) is 6.20 Å². The normalized spacial score (nSPS) is 20.8. The third-order valence-electron chi connectivity index (χ3n) is 4.41. The summed E-state index contributed by atoms with van der Waals surface area (Å²) in [5, 5.41) is 27.2. The summed E-state index contributed by atoms with van der Waals surface area (Å²) in [6.07, 6.45) is 15.7. The molecule has 2 rings (SSSR count). The predicted molar refractivity (Wildman–Crippen MR) is 108 cm³/mol. The molecule has 31 heavy (non-hydrogen) atoms. The molecule has 1 aromatic heterocycles. The van der Waals surface area contributed by atoms with Crippen molar-refractivity contribution >= 4 is 0 Å². The summed E-state index contributed by atoms with van der Waals surface area (Å²) in [6.45, 7) is 0.259. The quantitative estimate of drug-likeness (QED) is 0.285. The fourth-order valence-electron chi connectivity index (χ4n) is 2.93. The van der Waals surface area contributed by atoms with Crippen LogP contribution in [0, 0.1) is 37.0 Å². The third-order valence-corrected chi connectivity index (χ3v) is 4.41. The minimum absolute atomic E-state index is 0.0525. The lowest BCUT2D eigenvalue weighted by atomic mass is 10.1. The Balaban J connectivity index is 2.05. The summed E-state index contributed by atoms with van der Waals surface area (Å²) < 4.78 is 29.6. The lowest BCUT2D eigenvalue weighted by molar-refractivity contribution is -0.166. The molecule has 0 unspecified atom stereocenters. The van der Waals surface area contributed by atoms with Crippen molar-refractivity contribution in [2.75, 3.05) is 46.2 Å². The van der Waals surface area contributed by atoms with Crippen molar-refractivity contribution in [3.05, 3.63) is 11.9 Å². The standard InChI is InChI=1S/C21H27N3O7/c1-4-7-27-14-21(15-28-8-5-2,16-29-9-6-3)30-13-17-11-24(23-22-17)20-10-18(26)19(12-25)31-20/h1-3,11,18-20,25-26H,7-10,12-16H2/t18-,19-,20-/m1/s1. The Labute approximate surface area is 181 Å². The monoisotopic (exact) mass is 433 g/mol. The zero-order valence-corrected chi connectivity index (χ0v) is 17.2. The van der Waals surface area contributed by atoms with Crippen LogP contribution >= 0.6 is 0 Å². The summed E-state index contributed by atoms with van der Waals surface area (Å²) in [6, 6.07) is 0. The van der Waals surface area contributed by atoms with Crippen LogP contribution < -0.4 is 0 Å². The van der Waals surface area contributed by atoms with Gasteiger partial charge >= 0.3 is 0 Å². The molecule has 0 saturated carbocycles. The van der Waals surface area contributed by atoms with Crippen LogP contribution in [0.15, 0.2) is 6.20 Å². The minimum atomic E-state index is -1.03. The van der Waals surface area contributed by atoms with Gasteiger partial charge < -0.3 is 33.9 Å². The Morgan fingerprint density at radius 3 is 2.16 bits per heavy atom. The molecule has 0 aromatic carbocycles. The number of rotatable bonds is 14. The van der Waals surface area contributed by atoms with E-state index in [9.17, 15) is 10.2 Å². The Morgan fingerprint density at radius 1 is 1.10 bits per heavy atom. The molecule has 0 radical (unpaired) electrons. The highest BCUT2D eigenvalue weighted by atomic mass is 16.6. The molecule has 0 bridgehead atoms. The number of aliphatic hydroxyl groups is 2. The topological polar surface area (TPSA) is 117 Å². The molecule has 0 aliphatic carbocycles. The molecule has 1 aromatic rings. The van der Waals surface area contributed by atoms with Crippen molar-refractivity contribution in [2.24, 2.45) is 0 Å². The largest absolute Gasteiger partial charge is 0.394 e. The fourth-order valence-corrected chi connectivity index (χ4v) is 2.93. The first-order valence-corrected chi connectivity index (χ1v) is 9.60. The van der Waals surface area contributed by atoms with Crippen LogP contribution in [-0.2, 0) is 30.3 Å². The molecule has 1 saturated heterocycles. The molecule has 2 N–H and O–H groups in total. The van der Waals surface area contributed by atoms with E-state index in [0.29, 0.717) is 12.1 Å². The highest BCUT2D eigenvalue weighted by molar-refractivity contribution is 4.95.